The van der Waals surface area contributed by atoms with E-state index in [2.05, 4.69) is 8.75 Å². The van der Waals surface area contributed by atoms with Crippen LogP contribution in [0.4, 0.5) is 0 Å². The number of hydrogen-bond acceptors (Lipinski definition) is 7. The van der Waals surface area contributed by atoms with Gasteiger partial charge in [-0.25, -0.2) is 0 Å². The van der Waals surface area contributed by atoms with Crippen LogP contribution in [0.15, 0.2) is 47.4 Å². The summed E-state index contributed by atoms with van der Waals surface area (Å²) in [4.78, 5) is -0.0295. The van der Waals surface area contributed by atoms with Crippen molar-refractivity contribution in [2.45, 2.75) is 4.90 Å². The predicted octanol–water partition coefficient (Wildman–Crippen LogP) is 2.33. The fourth-order valence-electron chi connectivity index (χ4n) is 1.74. The van der Waals surface area contributed by atoms with Crippen molar-refractivity contribution in [1.29, 1.82) is 5.26 Å². The van der Waals surface area contributed by atoms with Gasteiger partial charge in [-0.1, -0.05) is 6.07 Å². The third kappa shape index (κ3) is 2.56. The van der Waals surface area contributed by atoms with Crippen LogP contribution in [0.3, 0.4) is 0 Å². The summed E-state index contributed by atoms with van der Waals surface area (Å²) in [5, 5.41) is 8.71. The first kappa shape index (κ1) is 13.5. The van der Waals surface area contributed by atoms with E-state index >= 15 is 0 Å². The van der Waals surface area contributed by atoms with Crippen LogP contribution in [0, 0.1) is 11.3 Å². The summed E-state index contributed by atoms with van der Waals surface area (Å²) in [6.07, 6.45) is 0. The van der Waals surface area contributed by atoms with Crippen LogP contribution >= 0.6 is 11.7 Å². The van der Waals surface area contributed by atoms with Gasteiger partial charge in [0.1, 0.15) is 21.7 Å². The van der Waals surface area contributed by atoms with E-state index in [4.69, 9.17) is 9.44 Å². The van der Waals surface area contributed by atoms with E-state index < -0.39 is 10.1 Å². The third-order valence-electron chi connectivity index (χ3n) is 2.71. The number of aromatic nitrogens is 2. The molecule has 0 bridgehead atoms. The van der Waals surface area contributed by atoms with Crippen molar-refractivity contribution in [3.8, 4) is 11.8 Å². The zero-order valence-electron chi connectivity index (χ0n) is 10.4. The lowest BCUT2D eigenvalue weighted by Gasteiger charge is -2.07. The topological polar surface area (TPSA) is 92.9 Å². The summed E-state index contributed by atoms with van der Waals surface area (Å²) >= 11 is 0.938. The minimum absolute atomic E-state index is 0.0295. The molecule has 0 fully saturated rings. The van der Waals surface area contributed by atoms with Crippen LogP contribution in [-0.2, 0) is 10.1 Å². The van der Waals surface area contributed by atoms with E-state index in [-0.39, 0.29) is 16.2 Å². The van der Waals surface area contributed by atoms with Crippen molar-refractivity contribution in [3.05, 3.63) is 48.0 Å². The lowest BCUT2D eigenvalue weighted by atomic mass is 10.2. The second kappa shape index (κ2) is 5.12. The number of nitrogens with zero attached hydrogens (tertiary/aromatic N) is 3. The normalized spacial score (nSPS) is 11.2. The molecular weight excluding hydrogens is 310 g/mol. The fourth-order valence-corrected chi connectivity index (χ4v) is 3.43. The molecule has 0 amide bonds. The summed E-state index contributed by atoms with van der Waals surface area (Å²) in [7, 11) is -4.01. The van der Waals surface area contributed by atoms with Gasteiger partial charge >= 0.3 is 10.1 Å². The zero-order chi connectivity index (χ0) is 14.9. The molecule has 2 aromatic carbocycles. The van der Waals surface area contributed by atoms with E-state index in [0.717, 1.165) is 11.7 Å². The summed E-state index contributed by atoms with van der Waals surface area (Å²) in [5.41, 5.74) is 1.21. The monoisotopic (exact) mass is 317 g/mol. The van der Waals surface area contributed by atoms with Crippen molar-refractivity contribution in [2.24, 2.45) is 0 Å². The molecule has 1 heterocycles. The Hall–Kier alpha value is -2.50. The maximum Gasteiger partial charge on any atom is 0.341 e. The summed E-state index contributed by atoms with van der Waals surface area (Å²) in [6.45, 7) is 0. The van der Waals surface area contributed by atoms with E-state index in [9.17, 15) is 8.42 Å². The SMILES string of the molecule is N#Cc1ccc(OS(=O)(=O)c2cccc3nsnc23)cc1. The Morgan fingerprint density at radius 2 is 1.86 bits per heavy atom. The van der Waals surface area contributed by atoms with Gasteiger partial charge in [0, 0.05) is 0 Å². The molecule has 6 nitrogen and oxygen atoms in total. The van der Waals surface area contributed by atoms with Crippen molar-refractivity contribution in [3.63, 3.8) is 0 Å². The summed E-state index contributed by atoms with van der Waals surface area (Å²) in [5.74, 6) is 0.134. The minimum Gasteiger partial charge on any atom is -0.379 e. The van der Waals surface area contributed by atoms with E-state index in [1.807, 2.05) is 6.07 Å². The Bertz CT molecular complexity index is 941. The number of benzene rings is 2. The van der Waals surface area contributed by atoms with E-state index in [1.54, 1.807) is 12.1 Å². The van der Waals surface area contributed by atoms with Gasteiger partial charge in [-0.15, -0.1) is 0 Å². The van der Waals surface area contributed by atoms with Gasteiger partial charge in [-0.05, 0) is 36.4 Å². The lowest BCUT2D eigenvalue weighted by molar-refractivity contribution is 0.487. The molecule has 0 atom stereocenters. The Kier molecular flexibility index (Phi) is 3.29. The molecule has 0 aliphatic rings. The average Bonchev–Trinajstić information content (AvgIpc) is 2.95. The Morgan fingerprint density at radius 3 is 2.57 bits per heavy atom. The Balaban J connectivity index is 2.00. The molecule has 104 valence electrons. The quantitative estimate of drug-likeness (QED) is 0.688. The Labute approximate surface area is 124 Å². The van der Waals surface area contributed by atoms with Gasteiger partial charge in [-0.3, -0.25) is 0 Å². The van der Waals surface area contributed by atoms with E-state index in [1.165, 1.54) is 30.3 Å². The van der Waals surface area contributed by atoms with Crippen molar-refractivity contribution >= 4 is 32.9 Å². The molecule has 0 radical (unpaired) electrons. The molecule has 21 heavy (non-hydrogen) atoms. The van der Waals surface area contributed by atoms with Crippen LogP contribution in [0.25, 0.3) is 11.0 Å². The van der Waals surface area contributed by atoms with Gasteiger partial charge in [-0.2, -0.15) is 22.4 Å². The van der Waals surface area contributed by atoms with Gasteiger partial charge in [0.25, 0.3) is 0 Å². The molecule has 1 aromatic heterocycles. The zero-order valence-corrected chi connectivity index (χ0v) is 12.1. The maximum atomic E-state index is 12.3. The molecule has 3 aromatic rings. The van der Waals surface area contributed by atoms with Crippen LogP contribution < -0.4 is 4.18 Å². The third-order valence-corrected chi connectivity index (χ3v) is 4.53. The van der Waals surface area contributed by atoms with Gasteiger partial charge in [0.15, 0.2) is 0 Å². The number of hydrogen-bond donors (Lipinski definition) is 0. The van der Waals surface area contributed by atoms with E-state index in [0.29, 0.717) is 11.1 Å². The molecule has 3 rings (SSSR count). The smallest absolute Gasteiger partial charge is 0.341 e. The number of fused-ring (bicyclic) bond motifs is 1. The highest BCUT2D eigenvalue weighted by atomic mass is 32.2. The first-order chi connectivity index (χ1) is 10.1. The van der Waals surface area contributed by atoms with Gasteiger partial charge in [0.2, 0.25) is 0 Å². The van der Waals surface area contributed by atoms with Crippen LogP contribution in [0.1, 0.15) is 5.56 Å². The summed E-state index contributed by atoms with van der Waals surface area (Å²) < 4.78 is 37.7. The largest absolute Gasteiger partial charge is 0.379 e. The molecule has 0 saturated carbocycles. The summed E-state index contributed by atoms with van der Waals surface area (Å²) in [6, 6.07) is 12.4. The fraction of sp³-hybridized carbons (Fsp3) is 0. The van der Waals surface area contributed by atoms with Crippen LogP contribution in [0.5, 0.6) is 5.75 Å². The number of nitriles is 1. The molecule has 0 unspecified atom stereocenters. The lowest BCUT2D eigenvalue weighted by Crippen LogP contribution is -2.10. The van der Waals surface area contributed by atoms with Crippen molar-refractivity contribution in [2.75, 3.05) is 0 Å². The molecule has 0 aliphatic heterocycles. The molecule has 8 heteroatoms. The number of rotatable bonds is 3. The highest BCUT2D eigenvalue weighted by molar-refractivity contribution is 7.87. The van der Waals surface area contributed by atoms with Gasteiger partial charge in [0.05, 0.1) is 23.4 Å². The van der Waals surface area contributed by atoms with Crippen LogP contribution in [0.2, 0.25) is 0 Å². The molecule has 0 aliphatic carbocycles. The first-order valence-electron chi connectivity index (χ1n) is 5.76. The van der Waals surface area contributed by atoms with Crippen molar-refractivity contribution < 1.29 is 12.6 Å². The molecular formula is C13H7N3O3S2. The average molecular weight is 317 g/mol. The predicted molar refractivity (Wildman–Crippen MR) is 76.4 cm³/mol. The highest BCUT2D eigenvalue weighted by Gasteiger charge is 2.21. The molecule has 0 spiro atoms. The maximum absolute atomic E-state index is 12.3. The molecule has 0 N–H and O–H groups in total. The second-order valence-electron chi connectivity index (χ2n) is 4.06. The van der Waals surface area contributed by atoms with Crippen LogP contribution in [-0.4, -0.2) is 17.2 Å². The first-order valence-corrected chi connectivity index (χ1v) is 7.90. The standard InChI is InChI=1S/C13H7N3O3S2/c14-8-9-4-6-10(7-5-9)19-21(17,18)12-3-1-2-11-13(12)16-20-15-11/h1-7H. The minimum atomic E-state index is -4.01. The van der Waals surface area contributed by atoms with Crippen molar-refractivity contribution in [1.82, 2.24) is 8.75 Å². The molecule has 0 saturated heterocycles. The second-order valence-corrected chi connectivity index (χ2v) is 6.10. The Morgan fingerprint density at radius 1 is 1.10 bits per heavy atom. The highest BCUT2D eigenvalue weighted by Crippen LogP contribution is 2.24. The van der Waals surface area contributed by atoms with Gasteiger partial charge < -0.3 is 4.18 Å².